The van der Waals surface area contributed by atoms with Crippen LogP contribution >= 0.6 is 0 Å². The number of hydrogen-bond acceptors (Lipinski definition) is 3. The van der Waals surface area contributed by atoms with E-state index in [0.717, 1.165) is 12.1 Å². The molecule has 0 unspecified atom stereocenters. The average molecular weight is 259 g/mol. The van der Waals surface area contributed by atoms with Gasteiger partial charge in [-0.15, -0.1) is 0 Å². The lowest BCUT2D eigenvalue weighted by molar-refractivity contribution is 0.125. The highest BCUT2D eigenvalue weighted by atomic mass is 19.1. The summed E-state index contributed by atoms with van der Waals surface area (Å²) in [4.78, 5) is 2.04. The smallest absolute Gasteiger partial charge is 0.187 e. The predicted molar refractivity (Wildman–Crippen MR) is 65.4 cm³/mol. The van der Waals surface area contributed by atoms with Crippen molar-refractivity contribution in [3.63, 3.8) is 0 Å². The van der Waals surface area contributed by atoms with Gasteiger partial charge in [0.1, 0.15) is 0 Å². The minimum absolute atomic E-state index is 0.236. The maximum atomic E-state index is 13.2. The molecule has 1 N–H and O–H groups in total. The van der Waals surface area contributed by atoms with E-state index in [2.05, 4.69) is 0 Å². The molecule has 0 aromatic heterocycles. The Morgan fingerprint density at radius 3 is 2.28 bits per heavy atom. The van der Waals surface area contributed by atoms with Gasteiger partial charge in [-0.25, -0.2) is 8.78 Å². The fourth-order valence-corrected chi connectivity index (χ4v) is 1.67. The number of hydrogen-bond donors (Lipinski definition) is 1. The van der Waals surface area contributed by atoms with Crippen molar-refractivity contribution in [1.29, 1.82) is 0 Å². The van der Waals surface area contributed by atoms with Crippen LogP contribution < -0.4 is 0 Å². The van der Waals surface area contributed by atoms with Crippen LogP contribution in [0.1, 0.15) is 19.4 Å². The zero-order valence-corrected chi connectivity index (χ0v) is 10.9. The molecule has 0 aliphatic rings. The minimum atomic E-state index is -0.930. The van der Waals surface area contributed by atoms with E-state index in [9.17, 15) is 8.78 Å². The monoisotopic (exact) mass is 259 g/mol. The topological polar surface area (TPSA) is 32.7 Å². The Morgan fingerprint density at radius 1 is 1.28 bits per heavy atom. The predicted octanol–water partition coefficient (Wildman–Crippen LogP) is 2.53. The maximum Gasteiger partial charge on any atom is 0.187 e. The number of halogens is 2. The van der Waals surface area contributed by atoms with Crippen molar-refractivity contribution in [2.24, 2.45) is 0 Å². The second-order valence-electron chi connectivity index (χ2n) is 4.47. The van der Waals surface area contributed by atoms with Gasteiger partial charge in [0, 0.05) is 26.2 Å². The molecule has 0 amide bonds. The molecule has 0 saturated carbocycles. The summed E-state index contributed by atoms with van der Waals surface area (Å²) in [6, 6.07) is 2.54. The number of ether oxygens (including phenoxy) is 1. The van der Waals surface area contributed by atoms with E-state index in [4.69, 9.17) is 9.84 Å². The second kappa shape index (κ2) is 6.66. The van der Waals surface area contributed by atoms with Crippen molar-refractivity contribution in [2.45, 2.75) is 26.4 Å². The Balaban J connectivity index is 2.80. The lowest BCUT2D eigenvalue weighted by atomic mass is 10.1. The number of methoxy groups -OCH3 is 1. The van der Waals surface area contributed by atoms with Gasteiger partial charge in [0.05, 0.1) is 6.61 Å². The van der Waals surface area contributed by atoms with E-state index >= 15 is 0 Å². The first kappa shape index (κ1) is 14.9. The van der Waals surface area contributed by atoms with Gasteiger partial charge in [-0.2, -0.15) is 0 Å². The fourth-order valence-electron chi connectivity index (χ4n) is 1.67. The van der Waals surface area contributed by atoms with Crippen LogP contribution in [0.4, 0.5) is 8.78 Å². The molecule has 0 heterocycles. The lowest BCUT2D eigenvalue weighted by Gasteiger charge is -2.26. The van der Waals surface area contributed by atoms with Crippen LogP contribution in [-0.4, -0.2) is 36.3 Å². The number of phenolic OH excluding ortho intramolecular Hbond substituents is 1. The molecule has 0 spiro atoms. The summed E-state index contributed by atoms with van der Waals surface area (Å²) in [7, 11) is 1.61. The van der Waals surface area contributed by atoms with Crippen molar-refractivity contribution in [3.05, 3.63) is 29.3 Å². The number of rotatable bonds is 6. The summed E-state index contributed by atoms with van der Waals surface area (Å²) in [6.07, 6.45) is 0. The number of phenols is 1. The van der Waals surface area contributed by atoms with Gasteiger partial charge in [-0.3, -0.25) is 4.90 Å². The first-order valence-electron chi connectivity index (χ1n) is 5.85. The van der Waals surface area contributed by atoms with Crippen LogP contribution in [0.3, 0.4) is 0 Å². The summed E-state index contributed by atoms with van der Waals surface area (Å²) in [6.45, 7) is 5.65. The molecule has 0 bridgehead atoms. The highest BCUT2D eigenvalue weighted by molar-refractivity contribution is 5.30. The summed E-state index contributed by atoms with van der Waals surface area (Å²) in [5, 5.41) is 9.03. The van der Waals surface area contributed by atoms with E-state index in [1.54, 1.807) is 7.11 Å². The third kappa shape index (κ3) is 3.92. The molecule has 0 atom stereocenters. The summed E-state index contributed by atoms with van der Waals surface area (Å²) < 4.78 is 31.4. The normalized spacial score (nSPS) is 11.5. The third-order valence-corrected chi connectivity index (χ3v) is 2.78. The van der Waals surface area contributed by atoms with Gasteiger partial charge in [-0.1, -0.05) is 0 Å². The molecule has 1 aromatic rings. The fraction of sp³-hybridized carbons (Fsp3) is 0.538. The molecule has 3 nitrogen and oxygen atoms in total. The van der Waals surface area contributed by atoms with Gasteiger partial charge in [-0.05, 0) is 31.5 Å². The van der Waals surface area contributed by atoms with Crippen LogP contribution in [-0.2, 0) is 11.3 Å². The quantitative estimate of drug-likeness (QED) is 0.852. The zero-order chi connectivity index (χ0) is 13.7. The molecule has 1 rings (SSSR count). The molecular formula is C13H19F2NO2. The molecule has 0 fully saturated rings. The van der Waals surface area contributed by atoms with Gasteiger partial charge in [0.25, 0.3) is 0 Å². The first-order valence-corrected chi connectivity index (χ1v) is 5.85. The molecule has 0 radical (unpaired) electrons. The van der Waals surface area contributed by atoms with Gasteiger partial charge in [0.2, 0.25) is 0 Å². The summed E-state index contributed by atoms with van der Waals surface area (Å²) in [5.41, 5.74) is 0.493. The number of benzene rings is 1. The highest BCUT2D eigenvalue weighted by Crippen LogP contribution is 2.22. The molecular weight excluding hydrogens is 240 g/mol. The van der Waals surface area contributed by atoms with Crippen molar-refractivity contribution < 1.29 is 18.6 Å². The van der Waals surface area contributed by atoms with E-state index in [-0.39, 0.29) is 6.04 Å². The van der Waals surface area contributed by atoms with Crippen LogP contribution in [0.25, 0.3) is 0 Å². The van der Waals surface area contributed by atoms with Gasteiger partial charge in [0.15, 0.2) is 17.4 Å². The molecule has 5 heteroatoms. The highest BCUT2D eigenvalue weighted by Gasteiger charge is 2.14. The van der Waals surface area contributed by atoms with Crippen molar-refractivity contribution >= 4 is 0 Å². The first-order chi connectivity index (χ1) is 8.45. The van der Waals surface area contributed by atoms with E-state index in [0.29, 0.717) is 25.3 Å². The van der Waals surface area contributed by atoms with Crippen molar-refractivity contribution in [2.75, 3.05) is 20.3 Å². The van der Waals surface area contributed by atoms with Crippen molar-refractivity contribution in [1.82, 2.24) is 4.90 Å². The Kier molecular flexibility index (Phi) is 5.50. The SMILES string of the molecule is COCCN(Cc1cc(F)c(O)c(F)c1)C(C)C. The standard InChI is InChI=1S/C13H19F2NO2/c1-9(2)16(4-5-18-3)8-10-6-11(14)13(17)12(15)7-10/h6-7,9,17H,4-5,8H2,1-3H3. The molecule has 0 aliphatic heterocycles. The molecule has 0 saturated heterocycles. The van der Waals surface area contributed by atoms with Crippen LogP contribution in [0.5, 0.6) is 5.75 Å². The van der Waals surface area contributed by atoms with E-state index in [1.807, 2.05) is 18.7 Å². The Hall–Kier alpha value is -1.20. The zero-order valence-electron chi connectivity index (χ0n) is 10.9. The number of nitrogens with zero attached hydrogens (tertiary/aromatic N) is 1. The summed E-state index contributed by atoms with van der Waals surface area (Å²) in [5.74, 6) is -2.78. The molecule has 0 aliphatic carbocycles. The average Bonchev–Trinajstić information content (AvgIpc) is 2.30. The van der Waals surface area contributed by atoms with E-state index in [1.165, 1.54) is 0 Å². The third-order valence-electron chi connectivity index (χ3n) is 2.78. The molecule has 18 heavy (non-hydrogen) atoms. The Labute approximate surface area is 106 Å². The largest absolute Gasteiger partial charge is 0.503 e. The Bertz CT molecular complexity index is 374. The van der Waals surface area contributed by atoms with Crippen LogP contribution in [0, 0.1) is 11.6 Å². The maximum absolute atomic E-state index is 13.2. The molecule has 102 valence electrons. The Morgan fingerprint density at radius 2 is 1.83 bits per heavy atom. The van der Waals surface area contributed by atoms with Crippen LogP contribution in [0.15, 0.2) is 12.1 Å². The second-order valence-corrected chi connectivity index (χ2v) is 4.47. The van der Waals surface area contributed by atoms with Gasteiger partial charge >= 0.3 is 0 Å². The lowest BCUT2D eigenvalue weighted by Crippen LogP contribution is -2.33. The van der Waals surface area contributed by atoms with Gasteiger partial charge < -0.3 is 9.84 Å². The summed E-state index contributed by atoms with van der Waals surface area (Å²) >= 11 is 0. The van der Waals surface area contributed by atoms with E-state index < -0.39 is 17.4 Å². The van der Waals surface area contributed by atoms with Crippen LogP contribution in [0.2, 0.25) is 0 Å². The van der Waals surface area contributed by atoms with Crippen molar-refractivity contribution in [3.8, 4) is 5.75 Å². The number of aromatic hydroxyl groups is 1. The molecule has 1 aromatic carbocycles. The minimum Gasteiger partial charge on any atom is -0.503 e.